The Balaban J connectivity index is 1.51. The van der Waals surface area contributed by atoms with Crippen molar-refractivity contribution in [3.05, 3.63) is 89.7 Å². The Morgan fingerprint density at radius 2 is 1.53 bits per heavy atom. The van der Waals surface area contributed by atoms with Crippen LogP contribution in [0.25, 0.3) is 0 Å². The largest absolute Gasteiger partial charge is 0.483 e. The van der Waals surface area contributed by atoms with E-state index in [2.05, 4.69) is 28.1 Å². The molecule has 3 aromatic rings. The maximum atomic E-state index is 12.9. The van der Waals surface area contributed by atoms with Crippen molar-refractivity contribution >= 4 is 35.3 Å². The zero-order valence-electron chi connectivity index (χ0n) is 18.4. The quantitative estimate of drug-likeness (QED) is 0.270. The normalized spacial score (nSPS) is 10.5. The van der Waals surface area contributed by atoms with E-state index in [0.717, 1.165) is 18.6 Å². The summed E-state index contributed by atoms with van der Waals surface area (Å²) >= 11 is 0. The number of anilines is 2. The number of halogens is 1. The summed E-state index contributed by atoms with van der Waals surface area (Å²) in [5.41, 5.74) is 4.70. The Labute approximate surface area is 195 Å². The van der Waals surface area contributed by atoms with Crippen molar-refractivity contribution in [2.75, 3.05) is 17.2 Å². The molecule has 3 aromatic carbocycles. The summed E-state index contributed by atoms with van der Waals surface area (Å²) < 4.78 is 18.5. The number of aryl methyl sites for hydroxylation is 1. The van der Waals surface area contributed by atoms with Gasteiger partial charge in [-0.2, -0.15) is 5.10 Å². The molecule has 8 nitrogen and oxygen atoms in total. The summed E-state index contributed by atoms with van der Waals surface area (Å²) in [6, 6.07) is 19.3. The van der Waals surface area contributed by atoms with Crippen LogP contribution in [-0.2, 0) is 20.8 Å². The zero-order valence-corrected chi connectivity index (χ0v) is 18.4. The predicted molar refractivity (Wildman–Crippen MR) is 127 cm³/mol. The van der Waals surface area contributed by atoms with Crippen molar-refractivity contribution in [3.63, 3.8) is 0 Å². The van der Waals surface area contributed by atoms with Gasteiger partial charge in [0.05, 0.1) is 6.21 Å². The number of amides is 3. The molecule has 0 heterocycles. The fraction of sp³-hybridized carbons (Fsp3) is 0.120. The van der Waals surface area contributed by atoms with E-state index in [9.17, 15) is 18.8 Å². The summed E-state index contributed by atoms with van der Waals surface area (Å²) in [6.45, 7) is 1.82. The maximum absolute atomic E-state index is 12.9. The molecule has 0 aliphatic rings. The zero-order chi connectivity index (χ0) is 24.3. The molecule has 3 amide bonds. The van der Waals surface area contributed by atoms with Gasteiger partial charge in [0.1, 0.15) is 11.6 Å². The first-order valence-corrected chi connectivity index (χ1v) is 10.4. The molecule has 0 saturated heterocycles. The number of nitrogens with one attached hydrogen (secondary N) is 3. The van der Waals surface area contributed by atoms with Crippen LogP contribution in [-0.4, -0.2) is 30.5 Å². The van der Waals surface area contributed by atoms with E-state index >= 15 is 0 Å². The highest BCUT2D eigenvalue weighted by Gasteiger charge is 2.13. The molecule has 0 bridgehead atoms. The first-order chi connectivity index (χ1) is 16.4. The van der Waals surface area contributed by atoms with E-state index < -0.39 is 17.6 Å². The van der Waals surface area contributed by atoms with E-state index in [1.807, 2.05) is 24.3 Å². The standard InChI is InChI=1S/C25H23FN4O4/c1-2-17-7-11-20(12-8-17)28-23(31)16-34-22-6-4-3-5-18(22)15-27-30-25(33)24(32)29-21-13-9-19(26)10-14-21/h3-15H,2,16H2,1H3,(H,28,31)(H,29,32)(H,30,33)/b27-15-. The van der Waals surface area contributed by atoms with E-state index in [1.165, 1.54) is 23.9 Å². The summed E-state index contributed by atoms with van der Waals surface area (Å²) in [5, 5.41) is 8.85. The number of hydrazone groups is 1. The maximum Gasteiger partial charge on any atom is 0.329 e. The second-order valence-corrected chi connectivity index (χ2v) is 7.09. The van der Waals surface area contributed by atoms with Crippen LogP contribution in [0.1, 0.15) is 18.1 Å². The van der Waals surface area contributed by atoms with Crippen LogP contribution in [0.2, 0.25) is 0 Å². The first-order valence-electron chi connectivity index (χ1n) is 10.4. The Kier molecular flexibility index (Phi) is 8.45. The average molecular weight is 462 g/mol. The third kappa shape index (κ3) is 7.27. The molecule has 174 valence electrons. The van der Waals surface area contributed by atoms with Crippen LogP contribution in [0.3, 0.4) is 0 Å². The highest BCUT2D eigenvalue weighted by molar-refractivity contribution is 6.39. The van der Waals surface area contributed by atoms with Gasteiger partial charge in [-0.3, -0.25) is 14.4 Å². The minimum Gasteiger partial charge on any atom is -0.483 e. The number of para-hydroxylation sites is 1. The summed E-state index contributed by atoms with van der Waals surface area (Å²) in [5.74, 6) is -2.39. The molecule has 0 fully saturated rings. The summed E-state index contributed by atoms with van der Waals surface area (Å²) in [7, 11) is 0. The second-order valence-electron chi connectivity index (χ2n) is 7.09. The molecular weight excluding hydrogens is 439 g/mol. The van der Waals surface area contributed by atoms with Gasteiger partial charge >= 0.3 is 11.8 Å². The van der Waals surface area contributed by atoms with Crippen molar-refractivity contribution in [2.45, 2.75) is 13.3 Å². The third-order valence-electron chi connectivity index (χ3n) is 4.60. The van der Waals surface area contributed by atoms with Crippen LogP contribution in [0, 0.1) is 5.82 Å². The monoisotopic (exact) mass is 462 g/mol. The molecule has 0 aliphatic heterocycles. The molecule has 0 spiro atoms. The van der Waals surface area contributed by atoms with Gasteiger partial charge in [-0.15, -0.1) is 0 Å². The molecule has 0 saturated carbocycles. The topological polar surface area (TPSA) is 109 Å². The number of benzene rings is 3. The number of ether oxygens (including phenoxy) is 1. The van der Waals surface area contributed by atoms with Gasteiger partial charge in [0.25, 0.3) is 5.91 Å². The van der Waals surface area contributed by atoms with Gasteiger partial charge < -0.3 is 15.4 Å². The van der Waals surface area contributed by atoms with Crippen LogP contribution in [0.15, 0.2) is 77.9 Å². The lowest BCUT2D eigenvalue weighted by atomic mass is 10.1. The molecule has 0 aromatic heterocycles. The lowest BCUT2D eigenvalue weighted by Crippen LogP contribution is -2.32. The smallest absolute Gasteiger partial charge is 0.329 e. The number of hydrogen-bond acceptors (Lipinski definition) is 5. The van der Waals surface area contributed by atoms with Crippen LogP contribution in [0.4, 0.5) is 15.8 Å². The number of nitrogens with zero attached hydrogens (tertiary/aromatic N) is 1. The van der Waals surface area contributed by atoms with Gasteiger partial charge in [-0.25, -0.2) is 9.82 Å². The number of rotatable bonds is 8. The predicted octanol–water partition coefficient (Wildman–Crippen LogP) is 3.49. The first kappa shape index (κ1) is 24.1. The number of hydrogen-bond donors (Lipinski definition) is 3. The van der Waals surface area contributed by atoms with Crippen LogP contribution in [0.5, 0.6) is 5.75 Å². The molecule has 9 heteroatoms. The molecule has 0 aliphatic carbocycles. The molecule has 34 heavy (non-hydrogen) atoms. The number of carbonyl (C=O) groups excluding carboxylic acids is 3. The van der Waals surface area contributed by atoms with Crippen LogP contribution >= 0.6 is 0 Å². The average Bonchev–Trinajstić information content (AvgIpc) is 2.85. The Bertz CT molecular complexity index is 1180. The minimum absolute atomic E-state index is 0.229. The highest BCUT2D eigenvalue weighted by atomic mass is 19.1. The molecule has 0 radical (unpaired) electrons. The fourth-order valence-corrected chi connectivity index (χ4v) is 2.82. The lowest BCUT2D eigenvalue weighted by Gasteiger charge is -2.10. The summed E-state index contributed by atoms with van der Waals surface area (Å²) in [4.78, 5) is 36.0. The summed E-state index contributed by atoms with van der Waals surface area (Å²) in [6.07, 6.45) is 2.20. The van der Waals surface area contributed by atoms with Gasteiger partial charge in [-0.1, -0.05) is 31.2 Å². The Morgan fingerprint density at radius 3 is 2.24 bits per heavy atom. The highest BCUT2D eigenvalue weighted by Crippen LogP contribution is 2.16. The van der Waals surface area contributed by atoms with E-state index in [4.69, 9.17) is 4.74 Å². The SMILES string of the molecule is CCc1ccc(NC(=O)COc2ccccc2/C=N\NC(=O)C(=O)Nc2ccc(F)cc2)cc1. The Hall–Kier alpha value is -4.53. The molecule has 0 unspecified atom stereocenters. The van der Waals surface area contributed by atoms with E-state index in [0.29, 0.717) is 17.0 Å². The van der Waals surface area contributed by atoms with Gasteiger partial charge in [-0.05, 0) is 60.5 Å². The van der Waals surface area contributed by atoms with E-state index in [-0.39, 0.29) is 18.2 Å². The van der Waals surface area contributed by atoms with Crippen molar-refractivity contribution in [1.82, 2.24) is 5.43 Å². The third-order valence-corrected chi connectivity index (χ3v) is 4.60. The van der Waals surface area contributed by atoms with E-state index in [1.54, 1.807) is 24.3 Å². The van der Waals surface area contributed by atoms with Gasteiger partial charge in [0.2, 0.25) is 0 Å². The molecule has 3 N–H and O–H groups in total. The molecule has 3 rings (SSSR count). The van der Waals surface area contributed by atoms with Crippen molar-refractivity contribution in [1.29, 1.82) is 0 Å². The van der Waals surface area contributed by atoms with Gasteiger partial charge in [0, 0.05) is 16.9 Å². The lowest BCUT2D eigenvalue weighted by molar-refractivity contribution is -0.136. The van der Waals surface area contributed by atoms with Crippen molar-refractivity contribution < 1.29 is 23.5 Å². The number of carbonyl (C=O) groups is 3. The second kappa shape index (κ2) is 11.9. The van der Waals surface area contributed by atoms with Crippen molar-refractivity contribution in [2.24, 2.45) is 5.10 Å². The Morgan fingerprint density at radius 1 is 0.882 bits per heavy atom. The fourth-order valence-electron chi connectivity index (χ4n) is 2.82. The van der Waals surface area contributed by atoms with Crippen molar-refractivity contribution in [3.8, 4) is 5.75 Å². The van der Waals surface area contributed by atoms with Gasteiger partial charge in [0.15, 0.2) is 6.61 Å². The minimum atomic E-state index is -1.01. The molecular formula is C25H23FN4O4. The molecule has 0 atom stereocenters. The van der Waals surface area contributed by atoms with Crippen LogP contribution < -0.4 is 20.8 Å².